The number of hydrogen-bond acceptors (Lipinski definition) is 5. The van der Waals surface area contributed by atoms with Crippen LogP contribution in [0.1, 0.15) is 33.7 Å². The van der Waals surface area contributed by atoms with Gasteiger partial charge in [-0.3, -0.25) is 0 Å². The van der Waals surface area contributed by atoms with Crippen molar-refractivity contribution in [2.75, 3.05) is 7.11 Å². The zero-order valence-electron chi connectivity index (χ0n) is 8.91. The van der Waals surface area contributed by atoms with E-state index >= 15 is 0 Å². The minimum absolute atomic E-state index is 0.0776. The number of esters is 1. The lowest BCUT2D eigenvalue weighted by Crippen LogP contribution is -2.15. The molecule has 7 heteroatoms. The van der Waals surface area contributed by atoms with Crippen LogP contribution in [-0.4, -0.2) is 18.1 Å². The molecule has 17 heavy (non-hydrogen) atoms. The largest absolute Gasteiger partial charge is 0.465 e. The van der Waals surface area contributed by atoms with E-state index in [2.05, 4.69) is 9.72 Å². The standard InChI is InChI=1S/C10H9F2N3O2/c1-17-10(16)8-6(9(11)12)2-5(3-13)15-7(8)4-14/h2,9H,4,14H2,1H3. The first kappa shape index (κ1) is 13.0. The van der Waals surface area contributed by atoms with Gasteiger partial charge in [-0.15, -0.1) is 0 Å². The molecule has 1 aromatic rings. The molecule has 0 saturated heterocycles. The lowest BCUT2D eigenvalue weighted by atomic mass is 10.1. The minimum atomic E-state index is -2.91. The van der Waals surface area contributed by atoms with Gasteiger partial charge < -0.3 is 10.5 Å². The Morgan fingerprint density at radius 1 is 1.71 bits per heavy atom. The Morgan fingerprint density at radius 3 is 2.76 bits per heavy atom. The predicted molar refractivity (Wildman–Crippen MR) is 53.1 cm³/mol. The van der Waals surface area contributed by atoms with Crippen LogP contribution in [0, 0.1) is 11.3 Å². The van der Waals surface area contributed by atoms with Crippen molar-refractivity contribution in [3.05, 3.63) is 28.6 Å². The molecule has 0 saturated carbocycles. The second kappa shape index (κ2) is 5.32. The summed E-state index contributed by atoms with van der Waals surface area (Å²) in [7, 11) is 1.07. The second-order valence-corrected chi connectivity index (χ2v) is 3.03. The van der Waals surface area contributed by atoms with Crippen LogP contribution in [0.15, 0.2) is 6.07 Å². The molecule has 90 valence electrons. The number of pyridine rings is 1. The van der Waals surface area contributed by atoms with Gasteiger partial charge in [-0.2, -0.15) is 5.26 Å². The third-order valence-corrected chi connectivity index (χ3v) is 2.06. The SMILES string of the molecule is COC(=O)c1c(C(F)F)cc(C#N)nc1CN. The van der Waals surface area contributed by atoms with E-state index in [4.69, 9.17) is 11.0 Å². The molecule has 0 aliphatic carbocycles. The zero-order chi connectivity index (χ0) is 13.0. The van der Waals surface area contributed by atoms with Gasteiger partial charge in [0.15, 0.2) is 0 Å². The summed E-state index contributed by atoms with van der Waals surface area (Å²) >= 11 is 0. The van der Waals surface area contributed by atoms with Gasteiger partial charge >= 0.3 is 5.97 Å². The first-order valence-electron chi connectivity index (χ1n) is 4.55. The molecule has 0 aliphatic heterocycles. The summed E-state index contributed by atoms with van der Waals surface area (Å²) in [5, 5.41) is 8.64. The molecule has 0 aromatic carbocycles. The van der Waals surface area contributed by atoms with Crippen molar-refractivity contribution in [2.24, 2.45) is 5.73 Å². The fourth-order valence-corrected chi connectivity index (χ4v) is 1.33. The van der Waals surface area contributed by atoms with Gasteiger partial charge in [0.05, 0.1) is 18.4 Å². The average molecular weight is 241 g/mol. The summed E-state index contributed by atoms with van der Waals surface area (Å²) in [4.78, 5) is 15.1. The Hall–Kier alpha value is -2.07. The lowest BCUT2D eigenvalue weighted by Gasteiger charge is -2.11. The maximum Gasteiger partial charge on any atom is 0.340 e. The van der Waals surface area contributed by atoms with Gasteiger partial charge in [-0.1, -0.05) is 0 Å². The second-order valence-electron chi connectivity index (χ2n) is 3.03. The Kier molecular flexibility index (Phi) is 4.06. The summed E-state index contributed by atoms with van der Waals surface area (Å²) in [6.45, 7) is -0.236. The number of ether oxygens (including phenoxy) is 1. The van der Waals surface area contributed by atoms with Gasteiger partial charge in [0.25, 0.3) is 6.43 Å². The van der Waals surface area contributed by atoms with Gasteiger partial charge in [0.1, 0.15) is 11.8 Å². The smallest absolute Gasteiger partial charge is 0.340 e. The monoisotopic (exact) mass is 241 g/mol. The number of nitriles is 1. The Labute approximate surface area is 95.8 Å². The highest BCUT2D eigenvalue weighted by atomic mass is 19.3. The van der Waals surface area contributed by atoms with Gasteiger partial charge in [0, 0.05) is 12.1 Å². The van der Waals surface area contributed by atoms with E-state index in [9.17, 15) is 13.6 Å². The fourth-order valence-electron chi connectivity index (χ4n) is 1.33. The highest BCUT2D eigenvalue weighted by Crippen LogP contribution is 2.26. The summed E-state index contributed by atoms with van der Waals surface area (Å²) < 4.78 is 29.9. The number of carbonyl (C=O) groups is 1. The molecule has 0 spiro atoms. The molecule has 2 N–H and O–H groups in total. The van der Waals surface area contributed by atoms with Crippen LogP contribution in [0.25, 0.3) is 0 Å². The van der Waals surface area contributed by atoms with Crippen molar-refractivity contribution in [2.45, 2.75) is 13.0 Å². The van der Waals surface area contributed by atoms with Crippen LogP contribution in [0.4, 0.5) is 8.78 Å². The molecule has 1 heterocycles. The summed E-state index contributed by atoms with van der Waals surface area (Å²) in [6, 6.07) is 2.49. The molecule has 5 nitrogen and oxygen atoms in total. The summed E-state index contributed by atoms with van der Waals surface area (Å²) in [6.07, 6.45) is -2.91. The van der Waals surface area contributed by atoms with Crippen LogP contribution < -0.4 is 5.73 Å². The minimum Gasteiger partial charge on any atom is -0.465 e. The van der Waals surface area contributed by atoms with E-state index in [1.807, 2.05) is 0 Å². The normalized spacial score (nSPS) is 10.1. The third-order valence-electron chi connectivity index (χ3n) is 2.06. The van der Waals surface area contributed by atoms with Crippen LogP contribution >= 0.6 is 0 Å². The zero-order valence-corrected chi connectivity index (χ0v) is 8.91. The van der Waals surface area contributed by atoms with Crippen LogP contribution in [0.2, 0.25) is 0 Å². The third kappa shape index (κ3) is 2.54. The van der Waals surface area contributed by atoms with Crippen molar-refractivity contribution < 1.29 is 18.3 Å². The predicted octanol–water partition coefficient (Wildman–Crippen LogP) is 1.14. The summed E-state index contributed by atoms with van der Waals surface area (Å²) in [5.41, 5.74) is 4.05. The first-order chi connectivity index (χ1) is 8.04. The van der Waals surface area contributed by atoms with Gasteiger partial charge in [0.2, 0.25) is 0 Å². The van der Waals surface area contributed by atoms with Crippen molar-refractivity contribution >= 4 is 5.97 Å². The molecular weight excluding hydrogens is 232 g/mol. The number of aromatic nitrogens is 1. The molecule has 0 unspecified atom stereocenters. The van der Waals surface area contributed by atoms with Gasteiger partial charge in [-0.25, -0.2) is 18.6 Å². The molecular formula is C10H9F2N3O2. The van der Waals surface area contributed by atoms with E-state index in [0.29, 0.717) is 0 Å². The van der Waals surface area contributed by atoms with Crippen molar-refractivity contribution in [1.82, 2.24) is 4.98 Å². The quantitative estimate of drug-likeness (QED) is 0.801. The first-order valence-corrected chi connectivity index (χ1v) is 4.55. The van der Waals surface area contributed by atoms with E-state index in [1.165, 1.54) is 0 Å². The van der Waals surface area contributed by atoms with Crippen LogP contribution in [0.5, 0.6) is 0 Å². The van der Waals surface area contributed by atoms with Crippen molar-refractivity contribution in [3.8, 4) is 6.07 Å². The van der Waals surface area contributed by atoms with Gasteiger partial charge in [-0.05, 0) is 6.07 Å². The highest BCUT2D eigenvalue weighted by Gasteiger charge is 2.24. The Morgan fingerprint density at radius 2 is 2.35 bits per heavy atom. The number of rotatable bonds is 3. The highest BCUT2D eigenvalue weighted by molar-refractivity contribution is 5.92. The van der Waals surface area contributed by atoms with Crippen molar-refractivity contribution in [1.29, 1.82) is 5.26 Å². The number of nitrogens with zero attached hydrogens (tertiary/aromatic N) is 2. The maximum absolute atomic E-state index is 12.8. The molecule has 0 atom stereocenters. The molecule has 0 radical (unpaired) electrons. The molecule has 1 aromatic heterocycles. The van der Waals surface area contributed by atoms with Crippen molar-refractivity contribution in [3.63, 3.8) is 0 Å². The lowest BCUT2D eigenvalue weighted by molar-refractivity contribution is 0.0587. The van der Waals surface area contributed by atoms with E-state index in [-0.39, 0.29) is 23.5 Å². The number of halogens is 2. The van der Waals surface area contributed by atoms with Crippen LogP contribution in [-0.2, 0) is 11.3 Å². The fraction of sp³-hybridized carbons (Fsp3) is 0.300. The Bertz CT molecular complexity index is 483. The average Bonchev–Trinajstić information content (AvgIpc) is 2.35. The number of methoxy groups -OCH3 is 1. The van der Waals surface area contributed by atoms with E-state index in [0.717, 1.165) is 13.2 Å². The number of alkyl halides is 2. The van der Waals surface area contributed by atoms with Crippen LogP contribution in [0.3, 0.4) is 0 Å². The number of hydrogen-bond donors (Lipinski definition) is 1. The van der Waals surface area contributed by atoms with E-state index < -0.39 is 18.0 Å². The molecule has 0 bridgehead atoms. The molecule has 0 fully saturated rings. The number of nitrogens with two attached hydrogens (primary N) is 1. The summed E-state index contributed by atoms with van der Waals surface area (Å²) in [5.74, 6) is -0.947. The Balaban J connectivity index is 3.53. The maximum atomic E-state index is 12.8. The molecule has 0 aliphatic rings. The molecule has 0 amide bonds. The number of carbonyl (C=O) groups excluding carboxylic acids is 1. The molecule has 1 rings (SSSR count). The topological polar surface area (TPSA) is 89.0 Å². The van der Waals surface area contributed by atoms with E-state index in [1.54, 1.807) is 6.07 Å².